The van der Waals surface area contributed by atoms with Gasteiger partial charge in [-0.3, -0.25) is 4.79 Å². The van der Waals surface area contributed by atoms with Gasteiger partial charge < -0.3 is 15.2 Å². The number of aliphatic hydroxyl groups excluding tert-OH is 1. The van der Waals surface area contributed by atoms with Crippen molar-refractivity contribution in [3.63, 3.8) is 0 Å². The number of carbonyl (C=O) groups is 1. The first-order chi connectivity index (χ1) is 11.5. The Morgan fingerprint density at radius 1 is 1.04 bits per heavy atom. The van der Waals surface area contributed by atoms with Crippen molar-refractivity contribution < 1.29 is 14.6 Å². The van der Waals surface area contributed by atoms with Gasteiger partial charge in [0.15, 0.2) is 0 Å². The van der Waals surface area contributed by atoms with Crippen LogP contribution in [0.15, 0.2) is 54.6 Å². The zero-order chi connectivity index (χ0) is 17.5. The number of hydrogen-bond donors (Lipinski definition) is 2. The van der Waals surface area contributed by atoms with E-state index < -0.39 is 6.10 Å². The molecular weight excluding hydrogens is 302 g/mol. The minimum Gasteiger partial charge on any atom is -0.497 e. The number of methoxy groups -OCH3 is 1. The van der Waals surface area contributed by atoms with E-state index in [1.807, 2.05) is 44.2 Å². The SMILES string of the molecule is COc1ccc(C(O)CNC(=O)C(c2ccccc2)C(C)C)cc1. The topological polar surface area (TPSA) is 58.6 Å². The Bertz CT molecular complexity index is 638. The molecular formula is C20H25NO3. The lowest BCUT2D eigenvalue weighted by atomic mass is 9.87. The van der Waals surface area contributed by atoms with Gasteiger partial charge >= 0.3 is 0 Å². The molecule has 2 atom stereocenters. The second kappa shape index (κ2) is 8.50. The van der Waals surface area contributed by atoms with E-state index in [9.17, 15) is 9.90 Å². The predicted molar refractivity (Wildman–Crippen MR) is 95.0 cm³/mol. The van der Waals surface area contributed by atoms with E-state index in [0.717, 1.165) is 16.9 Å². The van der Waals surface area contributed by atoms with Crippen LogP contribution in [-0.4, -0.2) is 24.7 Å². The number of hydrogen-bond acceptors (Lipinski definition) is 3. The van der Waals surface area contributed by atoms with Crippen LogP contribution in [0.25, 0.3) is 0 Å². The van der Waals surface area contributed by atoms with Gasteiger partial charge in [-0.15, -0.1) is 0 Å². The number of nitrogens with one attached hydrogen (secondary N) is 1. The monoisotopic (exact) mass is 327 g/mol. The highest BCUT2D eigenvalue weighted by Crippen LogP contribution is 2.25. The minimum absolute atomic E-state index is 0.0660. The Balaban J connectivity index is 1.99. The molecule has 0 aromatic heterocycles. The molecule has 0 bridgehead atoms. The summed E-state index contributed by atoms with van der Waals surface area (Å²) in [5.74, 6) is 0.613. The molecule has 0 saturated carbocycles. The van der Waals surface area contributed by atoms with E-state index in [0.29, 0.717) is 0 Å². The van der Waals surface area contributed by atoms with Crippen molar-refractivity contribution in [1.82, 2.24) is 5.32 Å². The number of benzene rings is 2. The van der Waals surface area contributed by atoms with Crippen molar-refractivity contribution in [2.45, 2.75) is 25.9 Å². The molecule has 128 valence electrons. The Kier molecular flexibility index (Phi) is 6.38. The molecule has 0 heterocycles. The molecule has 0 saturated heterocycles. The average molecular weight is 327 g/mol. The summed E-state index contributed by atoms with van der Waals surface area (Å²) in [5, 5.41) is 13.1. The van der Waals surface area contributed by atoms with Crippen molar-refractivity contribution in [2.24, 2.45) is 5.92 Å². The van der Waals surface area contributed by atoms with Crippen molar-refractivity contribution in [1.29, 1.82) is 0 Å². The number of amides is 1. The number of aliphatic hydroxyl groups is 1. The molecule has 0 radical (unpaired) electrons. The molecule has 0 aliphatic carbocycles. The summed E-state index contributed by atoms with van der Waals surface area (Å²) in [6.07, 6.45) is -0.747. The van der Waals surface area contributed by atoms with Gasteiger partial charge in [0.1, 0.15) is 5.75 Å². The van der Waals surface area contributed by atoms with Crippen LogP contribution in [0.3, 0.4) is 0 Å². The van der Waals surface area contributed by atoms with Gasteiger partial charge in [0, 0.05) is 6.54 Å². The average Bonchev–Trinajstić information content (AvgIpc) is 2.60. The van der Waals surface area contributed by atoms with Gasteiger partial charge in [0.05, 0.1) is 19.1 Å². The van der Waals surface area contributed by atoms with Gasteiger partial charge in [0.25, 0.3) is 0 Å². The standard InChI is InChI=1S/C20H25NO3/c1-14(2)19(16-7-5-4-6-8-16)20(23)21-13-18(22)15-9-11-17(24-3)12-10-15/h4-12,14,18-19,22H,13H2,1-3H3,(H,21,23). The summed E-state index contributed by atoms with van der Waals surface area (Å²) in [7, 11) is 1.60. The molecule has 0 aliphatic rings. The van der Waals surface area contributed by atoms with E-state index in [1.54, 1.807) is 31.4 Å². The zero-order valence-electron chi connectivity index (χ0n) is 14.4. The summed E-state index contributed by atoms with van der Waals surface area (Å²) in [4.78, 5) is 12.6. The Morgan fingerprint density at radius 2 is 1.67 bits per heavy atom. The van der Waals surface area contributed by atoms with Crippen LogP contribution in [0.1, 0.15) is 37.0 Å². The fourth-order valence-electron chi connectivity index (χ4n) is 2.75. The first-order valence-electron chi connectivity index (χ1n) is 8.17. The highest BCUT2D eigenvalue weighted by atomic mass is 16.5. The first-order valence-corrected chi connectivity index (χ1v) is 8.17. The zero-order valence-corrected chi connectivity index (χ0v) is 14.4. The summed E-state index contributed by atoms with van der Waals surface area (Å²) in [6, 6.07) is 16.9. The van der Waals surface area contributed by atoms with Crippen LogP contribution in [0.5, 0.6) is 5.75 Å². The molecule has 4 heteroatoms. The molecule has 2 rings (SSSR count). The van der Waals surface area contributed by atoms with E-state index in [1.165, 1.54) is 0 Å². The van der Waals surface area contributed by atoms with E-state index in [-0.39, 0.29) is 24.3 Å². The maximum Gasteiger partial charge on any atom is 0.227 e. The Hall–Kier alpha value is -2.33. The quantitative estimate of drug-likeness (QED) is 0.820. The van der Waals surface area contributed by atoms with Crippen molar-refractivity contribution in [3.05, 3.63) is 65.7 Å². The summed E-state index contributed by atoms with van der Waals surface area (Å²) < 4.78 is 5.10. The van der Waals surface area contributed by atoms with Crippen LogP contribution < -0.4 is 10.1 Å². The Labute approximate surface area is 143 Å². The summed E-state index contributed by atoms with van der Waals surface area (Å²) in [6.45, 7) is 4.23. The number of rotatable bonds is 7. The molecule has 4 nitrogen and oxygen atoms in total. The van der Waals surface area contributed by atoms with Crippen LogP contribution >= 0.6 is 0 Å². The van der Waals surface area contributed by atoms with Crippen LogP contribution in [-0.2, 0) is 4.79 Å². The summed E-state index contributed by atoms with van der Waals surface area (Å²) in [5.41, 5.74) is 1.74. The molecule has 0 fully saturated rings. The summed E-state index contributed by atoms with van der Waals surface area (Å²) >= 11 is 0. The lowest BCUT2D eigenvalue weighted by Crippen LogP contribution is -2.34. The molecule has 2 N–H and O–H groups in total. The fourth-order valence-corrected chi connectivity index (χ4v) is 2.75. The normalized spacial score (nSPS) is 13.4. The predicted octanol–water partition coefficient (Wildman–Crippen LogP) is 3.28. The van der Waals surface area contributed by atoms with Crippen molar-refractivity contribution in [3.8, 4) is 5.75 Å². The molecule has 2 aromatic carbocycles. The van der Waals surface area contributed by atoms with E-state index in [4.69, 9.17) is 4.74 Å². The van der Waals surface area contributed by atoms with E-state index >= 15 is 0 Å². The first kappa shape index (κ1) is 18.0. The Morgan fingerprint density at radius 3 is 2.21 bits per heavy atom. The largest absolute Gasteiger partial charge is 0.497 e. The second-order valence-corrected chi connectivity index (χ2v) is 6.17. The number of carbonyl (C=O) groups excluding carboxylic acids is 1. The van der Waals surface area contributed by atoms with Gasteiger partial charge in [-0.2, -0.15) is 0 Å². The maximum absolute atomic E-state index is 12.6. The van der Waals surface area contributed by atoms with Gasteiger partial charge in [-0.1, -0.05) is 56.3 Å². The third-order valence-corrected chi connectivity index (χ3v) is 4.08. The minimum atomic E-state index is -0.747. The highest BCUT2D eigenvalue weighted by molar-refractivity contribution is 5.83. The lowest BCUT2D eigenvalue weighted by Gasteiger charge is -2.22. The number of ether oxygens (including phenoxy) is 1. The van der Waals surface area contributed by atoms with Gasteiger partial charge in [-0.25, -0.2) is 0 Å². The maximum atomic E-state index is 12.6. The van der Waals surface area contributed by atoms with Crippen LogP contribution in [0, 0.1) is 5.92 Å². The van der Waals surface area contributed by atoms with E-state index in [2.05, 4.69) is 5.32 Å². The van der Waals surface area contributed by atoms with Gasteiger partial charge in [0.2, 0.25) is 5.91 Å². The van der Waals surface area contributed by atoms with Crippen LogP contribution in [0.2, 0.25) is 0 Å². The van der Waals surface area contributed by atoms with Crippen molar-refractivity contribution in [2.75, 3.05) is 13.7 Å². The fraction of sp³-hybridized carbons (Fsp3) is 0.350. The molecule has 2 aromatic rings. The van der Waals surface area contributed by atoms with Crippen LogP contribution in [0.4, 0.5) is 0 Å². The smallest absolute Gasteiger partial charge is 0.227 e. The molecule has 2 unspecified atom stereocenters. The molecule has 1 amide bonds. The second-order valence-electron chi connectivity index (χ2n) is 6.17. The third-order valence-electron chi connectivity index (χ3n) is 4.08. The van der Waals surface area contributed by atoms with Gasteiger partial charge in [-0.05, 0) is 29.2 Å². The highest BCUT2D eigenvalue weighted by Gasteiger charge is 2.24. The third kappa shape index (κ3) is 4.59. The molecule has 24 heavy (non-hydrogen) atoms. The van der Waals surface area contributed by atoms with Crippen molar-refractivity contribution >= 4 is 5.91 Å². The lowest BCUT2D eigenvalue weighted by molar-refractivity contribution is -0.124. The molecule has 0 aliphatic heterocycles. The molecule has 0 spiro atoms.